The van der Waals surface area contributed by atoms with Crippen molar-refractivity contribution in [2.75, 3.05) is 0 Å². The van der Waals surface area contributed by atoms with Crippen LogP contribution >= 0.6 is 11.6 Å². The minimum Gasteiger partial charge on any atom is -0.324 e. The molecule has 112 valence electrons. The van der Waals surface area contributed by atoms with Crippen LogP contribution in [-0.4, -0.2) is 0 Å². The van der Waals surface area contributed by atoms with Gasteiger partial charge in [0, 0.05) is 11.1 Å². The van der Waals surface area contributed by atoms with Gasteiger partial charge in [0.2, 0.25) is 0 Å². The van der Waals surface area contributed by atoms with Gasteiger partial charge in [0.15, 0.2) is 0 Å². The van der Waals surface area contributed by atoms with E-state index in [-0.39, 0.29) is 6.04 Å². The van der Waals surface area contributed by atoms with E-state index in [0.29, 0.717) is 0 Å². The molecule has 1 atom stereocenters. The standard InChI is InChI=1S/C19H24ClN/c1-11-12(2)14(4)19(15(5)13(11)3)18(21)10-16-8-6-7-9-17(16)20/h6-9,18H,10,21H2,1-5H3. The predicted molar refractivity (Wildman–Crippen MR) is 92.2 cm³/mol. The van der Waals surface area contributed by atoms with E-state index in [4.69, 9.17) is 17.3 Å². The first-order valence-corrected chi connectivity index (χ1v) is 7.78. The number of halogens is 1. The van der Waals surface area contributed by atoms with Crippen molar-refractivity contribution in [2.45, 2.75) is 47.1 Å². The molecule has 0 heterocycles. The van der Waals surface area contributed by atoms with Crippen LogP contribution in [0.2, 0.25) is 5.02 Å². The Hall–Kier alpha value is -1.31. The molecule has 1 unspecified atom stereocenters. The average molecular weight is 302 g/mol. The number of rotatable bonds is 3. The fourth-order valence-corrected chi connectivity index (χ4v) is 3.30. The van der Waals surface area contributed by atoms with Gasteiger partial charge >= 0.3 is 0 Å². The van der Waals surface area contributed by atoms with E-state index < -0.39 is 0 Å². The van der Waals surface area contributed by atoms with E-state index in [1.54, 1.807) is 0 Å². The molecule has 0 radical (unpaired) electrons. The van der Waals surface area contributed by atoms with Crippen LogP contribution in [0.3, 0.4) is 0 Å². The first-order chi connectivity index (χ1) is 9.84. The van der Waals surface area contributed by atoms with E-state index in [1.807, 2.05) is 18.2 Å². The zero-order valence-corrected chi connectivity index (χ0v) is 14.3. The maximum atomic E-state index is 6.53. The second-order valence-electron chi connectivity index (χ2n) is 5.94. The Kier molecular flexibility index (Phi) is 4.75. The molecule has 0 fully saturated rings. The van der Waals surface area contributed by atoms with E-state index in [2.05, 4.69) is 40.7 Å². The van der Waals surface area contributed by atoms with Gasteiger partial charge in [-0.05, 0) is 86.1 Å². The fourth-order valence-electron chi connectivity index (χ4n) is 3.09. The Labute approximate surface area is 133 Å². The highest BCUT2D eigenvalue weighted by Crippen LogP contribution is 2.31. The van der Waals surface area contributed by atoms with Crippen molar-refractivity contribution in [3.05, 3.63) is 68.2 Å². The molecular formula is C19H24ClN. The Morgan fingerprint density at radius 2 is 1.33 bits per heavy atom. The van der Waals surface area contributed by atoms with E-state index >= 15 is 0 Å². The van der Waals surface area contributed by atoms with Gasteiger partial charge in [-0.15, -0.1) is 0 Å². The quantitative estimate of drug-likeness (QED) is 0.836. The minimum atomic E-state index is -0.0251. The maximum absolute atomic E-state index is 6.53. The summed E-state index contributed by atoms with van der Waals surface area (Å²) in [5.74, 6) is 0. The van der Waals surface area contributed by atoms with Crippen molar-refractivity contribution >= 4 is 11.6 Å². The molecule has 0 aliphatic carbocycles. The molecule has 0 bridgehead atoms. The molecular weight excluding hydrogens is 278 g/mol. The highest BCUT2D eigenvalue weighted by atomic mass is 35.5. The van der Waals surface area contributed by atoms with Crippen LogP contribution in [0.15, 0.2) is 24.3 Å². The summed E-state index contributed by atoms with van der Waals surface area (Å²) in [6.07, 6.45) is 0.767. The molecule has 2 aromatic carbocycles. The zero-order valence-electron chi connectivity index (χ0n) is 13.5. The Morgan fingerprint density at radius 3 is 1.86 bits per heavy atom. The molecule has 21 heavy (non-hydrogen) atoms. The van der Waals surface area contributed by atoms with Crippen molar-refractivity contribution in [2.24, 2.45) is 5.73 Å². The molecule has 2 N–H and O–H groups in total. The lowest BCUT2D eigenvalue weighted by Gasteiger charge is -2.23. The Balaban J connectivity index is 2.45. The van der Waals surface area contributed by atoms with Crippen molar-refractivity contribution in [3.63, 3.8) is 0 Å². The normalized spacial score (nSPS) is 12.5. The summed E-state index contributed by atoms with van der Waals surface area (Å²) in [4.78, 5) is 0. The van der Waals surface area contributed by atoms with Crippen LogP contribution in [0.5, 0.6) is 0 Å². The van der Waals surface area contributed by atoms with Crippen molar-refractivity contribution in [1.29, 1.82) is 0 Å². The summed E-state index contributed by atoms with van der Waals surface area (Å²) in [7, 11) is 0. The van der Waals surface area contributed by atoms with Crippen molar-refractivity contribution in [1.82, 2.24) is 0 Å². The zero-order chi connectivity index (χ0) is 15.7. The van der Waals surface area contributed by atoms with Crippen LogP contribution in [0, 0.1) is 34.6 Å². The lowest BCUT2D eigenvalue weighted by Crippen LogP contribution is -2.18. The third-order valence-electron chi connectivity index (χ3n) is 4.83. The van der Waals surface area contributed by atoms with Crippen LogP contribution in [-0.2, 0) is 6.42 Å². The first kappa shape index (κ1) is 16.1. The molecule has 0 saturated carbocycles. The topological polar surface area (TPSA) is 26.0 Å². The molecule has 2 aromatic rings. The molecule has 0 spiro atoms. The van der Waals surface area contributed by atoms with Gasteiger partial charge in [-0.25, -0.2) is 0 Å². The molecule has 0 aliphatic rings. The predicted octanol–water partition coefficient (Wildman–Crippen LogP) is 5.12. The first-order valence-electron chi connectivity index (χ1n) is 7.40. The molecule has 0 aliphatic heterocycles. The lowest BCUT2D eigenvalue weighted by atomic mass is 9.85. The van der Waals surface area contributed by atoms with Crippen molar-refractivity contribution in [3.8, 4) is 0 Å². The highest BCUT2D eigenvalue weighted by molar-refractivity contribution is 6.31. The van der Waals surface area contributed by atoms with Gasteiger partial charge < -0.3 is 5.73 Å². The van der Waals surface area contributed by atoms with Crippen LogP contribution < -0.4 is 5.73 Å². The number of nitrogens with two attached hydrogens (primary N) is 1. The number of hydrogen-bond acceptors (Lipinski definition) is 1. The van der Waals surface area contributed by atoms with Gasteiger partial charge in [-0.2, -0.15) is 0 Å². The van der Waals surface area contributed by atoms with Gasteiger partial charge in [0.25, 0.3) is 0 Å². The molecule has 0 saturated heterocycles. The highest BCUT2D eigenvalue weighted by Gasteiger charge is 2.18. The second kappa shape index (κ2) is 6.21. The van der Waals surface area contributed by atoms with Crippen LogP contribution in [0.25, 0.3) is 0 Å². The summed E-state index contributed by atoms with van der Waals surface area (Å²) in [5.41, 5.74) is 15.6. The molecule has 1 nitrogen and oxygen atoms in total. The summed E-state index contributed by atoms with van der Waals surface area (Å²) in [5, 5.41) is 0.795. The summed E-state index contributed by atoms with van der Waals surface area (Å²) < 4.78 is 0. The molecule has 2 rings (SSSR count). The van der Waals surface area contributed by atoms with E-state index in [9.17, 15) is 0 Å². The summed E-state index contributed by atoms with van der Waals surface area (Å²) in [6, 6.07) is 7.92. The third-order valence-corrected chi connectivity index (χ3v) is 5.20. The minimum absolute atomic E-state index is 0.0251. The molecule has 0 amide bonds. The van der Waals surface area contributed by atoms with E-state index in [1.165, 1.54) is 33.4 Å². The van der Waals surface area contributed by atoms with Gasteiger partial charge in [-0.3, -0.25) is 0 Å². The molecule has 2 heteroatoms. The van der Waals surface area contributed by atoms with Gasteiger partial charge in [0.05, 0.1) is 0 Å². The fraction of sp³-hybridized carbons (Fsp3) is 0.368. The average Bonchev–Trinajstić information content (AvgIpc) is 2.46. The monoisotopic (exact) mass is 301 g/mol. The number of benzene rings is 2. The summed E-state index contributed by atoms with van der Waals surface area (Å²) in [6.45, 7) is 10.9. The maximum Gasteiger partial charge on any atom is 0.0438 e. The largest absolute Gasteiger partial charge is 0.324 e. The number of hydrogen-bond donors (Lipinski definition) is 1. The van der Waals surface area contributed by atoms with Crippen LogP contribution in [0.1, 0.15) is 45.0 Å². The molecule has 0 aromatic heterocycles. The summed E-state index contributed by atoms with van der Waals surface area (Å²) >= 11 is 6.27. The van der Waals surface area contributed by atoms with Gasteiger partial charge in [-0.1, -0.05) is 29.8 Å². The SMILES string of the molecule is Cc1c(C)c(C)c(C(N)Cc2ccccc2Cl)c(C)c1C. The smallest absolute Gasteiger partial charge is 0.0438 e. The second-order valence-corrected chi connectivity index (χ2v) is 6.35. The third kappa shape index (κ3) is 3.00. The Bertz CT molecular complexity index is 645. The van der Waals surface area contributed by atoms with E-state index in [0.717, 1.165) is 17.0 Å². The van der Waals surface area contributed by atoms with Crippen molar-refractivity contribution < 1.29 is 0 Å². The lowest BCUT2D eigenvalue weighted by molar-refractivity contribution is 0.708. The van der Waals surface area contributed by atoms with Gasteiger partial charge in [0.1, 0.15) is 0 Å². The Morgan fingerprint density at radius 1 is 0.857 bits per heavy atom. The van der Waals surface area contributed by atoms with Crippen LogP contribution in [0.4, 0.5) is 0 Å².